The van der Waals surface area contributed by atoms with Crippen LogP contribution in [0.25, 0.3) is 0 Å². The van der Waals surface area contributed by atoms with Crippen molar-refractivity contribution < 1.29 is 4.79 Å². The van der Waals surface area contributed by atoms with Gasteiger partial charge in [0.05, 0.1) is 0 Å². The van der Waals surface area contributed by atoms with Gasteiger partial charge in [-0.2, -0.15) is 12.6 Å². The molecule has 1 aromatic rings. The molecule has 14 heavy (non-hydrogen) atoms. The zero-order chi connectivity index (χ0) is 10.6. The molecule has 1 aromatic carbocycles. The van der Waals surface area contributed by atoms with Gasteiger partial charge < -0.3 is 0 Å². The molecule has 0 unspecified atom stereocenters. The highest BCUT2D eigenvalue weighted by atomic mass is 79.9. The quantitative estimate of drug-likeness (QED) is 0.646. The minimum atomic E-state index is 0.168. The Morgan fingerprint density at radius 1 is 1.21 bits per heavy atom. The first-order valence-electron chi connectivity index (χ1n) is 4.23. The molecule has 0 aliphatic heterocycles. The number of Topliss-reactive ketones (excluding diaryl/α,β-unsaturated/α-hetero) is 1. The van der Waals surface area contributed by atoms with Crippen LogP contribution in [0.5, 0.6) is 0 Å². The molecule has 0 aliphatic rings. The molecular formula is C10H10Br2OS. The summed E-state index contributed by atoms with van der Waals surface area (Å²) < 4.78 is 1.84. The van der Waals surface area contributed by atoms with Crippen LogP contribution in [-0.2, 0) is 0 Å². The number of thiol groups is 1. The van der Waals surface area contributed by atoms with Gasteiger partial charge >= 0.3 is 0 Å². The molecule has 0 aromatic heterocycles. The van der Waals surface area contributed by atoms with E-state index in [0.717, 1.165) is 26.7 Å². The van der Waals surface area contributed by atoms with Gasteiger partial charge in [0.2, 0.25) is 0 Å². The smallest absolute Gasteiger partial charge is 0.162 e. The van der Waals surface area contributed by atoms with Gasteiger partial charge in [-0.05, 0) is 30.4 Å². The molecule has 0 N–H and O–H groups in total. The highest BCUT2D eigenvalue weighted by molar-refractivity contribution is 9.11. The van der Waals surface area contributed by atoms with Crippen molar-refractivity contribution in [1.29, 1.82) is 0 Å². The maximum Gasteiger partial charge on any atom is 0.162 e. The molecule has 0 saturated heterocycles. The first-order valence-corrected chi connectivity index (χ1v) is 6.45. The Balaban J connectivity index is 2.79. The Morgan fingerprint density at radius 2 is 1.79 bits per heavy atom. The van der Waals surface area contributed by atoms with Crippen LogP contribution in [0.15, 0.2) is 27.1 Å². The normalized spacial score (nSPS) is 10.2. The summed E-state index contributed by atoms with van der Waals surface area (Å²) in [5, 5.41) is 0. The number of hydrogen-bond acceptors (Lipinski definition) is 2. The summed E-state index contributed by atoms with van der Waals surface area (Å²) >= 11 is 10.8. The molecule has 1 nitrogen and oxygen atoms in total. The summed E-state index contributed by atoms with van der Waals surface area (Å²) in [6.45, 7) is 0. The maximum atomic E-state index is 11.6. The number of hydrogen-bond donors (Lipinski definition) is 1. The van der Waals surface area contributed by atoms with Gasteiger partial charge in [0.1, 0.15) is 0 Å². The molecule has 0 atom stereocenters. The van der Waals surface area contributed by atoms with Gasteiger partial charge in [-0.25, -0.2) is 0 Å². The highest BCUT2D eigenvalue weighted by Gasteiger charge is 2.06. The maximum absolute atomic E-state index is 11.6. The van der Waals surface area contributed by atoms with Gasteiger partial charge in [0.25, 0.3) is 0 Å². The standard InChI is InChI=1S/C10H10Br2OS/c11-8-4-7(5-9(12)6-8)10(13)2-1-3-14/h4-6,14H,1-3H2. The Kier molecular flexibility index (Phi) is 5.20. The summed E-state index contributed by atoms with van der Waals surface area (Å²) in [5.74, 6) is 0.919. The largest absolute Gasteiger partial charge is 0.294 e. The lowest BCUT2D eigenvalue weighted by molar-refractivity contribution is 0.0982. The molecule has 76 valence electrons. The summed E-state index contributed by atoms with van der Waals surface area (Å²) in [4.78, 5) is 11.6. The Hall–Kier alpha value is 0.200. The average molecular weight is 338 g/mol. The van der Waals surface area contributed by atoms with Gasteiger partial charge in [0.15, 0.2) is 5.78 Å². The molecule has 0 aliphatic carbocycles. The third kappa shape index (κ3) is 3.75. The SMILES string of the molecule is O=C(CCCS)c1cc(Br)cc(Br)c1. The van der Waals surface area contributed by atoms with Crippen molar-refractivity contribution in [3.05, 3.63) is 32.7 Å². The third-order valence-corrected chi connectivity index (χ3v) is 2.98. The molecule has 0 amide bonds. The molecule has 0 bridgehead atoms. The van der Waals surface area contributed by atoms with Crippen LogP contribution in [0.4, 0.5) is 0 Å². The Labute approximate surface area is 106 Å². The fourth-order valence-corrected chi connectivity index (χ4v) is 2.55. The van der Waals surface area contributed by atoms with E-state index < -0.39 is 0 Å². The van der Waals surface area contributed by atoms with Crippen LogP contribution < -0.4 is 0 Å². The zero-order valence-electron chi connectivity index (χ0n) is 7.46. The van der Waals surface area contributed by atoms with Gasteiger partial charge in [-0.1, -0.05) is 31.9 Å². The van der Waals surface area contributed by atoms with Crippen LogP contribution >= 0.6 is 44.5 Å². The summed E-state index contributed by atoms with van der Waals surface area (Å²) in [6, 6.07) is 5.59. The van der Waals surface area contributed by atoms with Gasteiger partial charge in [-0.3, -0.25) is 4.79 Å². The van der Waals surface area contributed by atoms with E-state index in [1.54, 1.807) is 0 Å². The fourth-order valence-electron chi connectivity index (χ4n) is 1.10. The molecule has 1 rings (SSSR count). The van der Waals surface area contributed by atoms with E-state index in [4.69, 9.17) is 0 Å². The van der Waals surface area contributed by atoms with E-state index in [1.165, 1.54) is 0 Å². The summed E-state index contributed by atoms with van der Waals surface area (Å²) in [7, 11) is 0. The first-order chi connectivity index (χ1) is 6.63. The number of ketones is 1. The molecule has 0 saturated carbocycles. The number of benzene rings is 1. The fraction of sp³-hybridized carbons (Fsp3) is 0.300. The van der Waals surface area contributed by atoms with Crippen LogP contribution in [-0.4, -0.2) is 11.5 Å². The van der Waals surface area contributed by atoms with Crippen molar-refractivity contribution in [3.63, 3.8) is 0 Å². The molecule has 0 heterocycles. The van der Waals surface area contributed by atoms with Crippen LogP contribution in [0.2, 0.25) is 0 Å². The van der Waals surface area contributed by atoms with E-state index in [9.17, 15) is 4.79 Å². The molecular weight excluding hydrogens is 328 g/mol. The topological polar surface area (TPSA) is 17.1 Å². The average Bonchev–Trinajstić information content (AvgIpc) is 2.12. The van der Waals surface area contributed by atoms with Crippen LogP contribution in [0.1, 0.15) is 23.2 Å². The second-order valence-corrected chi connectivity index (χ2v) is 5.19. The lowest BCUT2D eigenvalue weighted by Gasteiger charge is -2.01. The van der Waals surface area contributed by atoms with Gasteiger partial charge in [-0.15, -0.1) is 0 Å². The number of rotatable bonds is 4. The molecule has 4 heteroatoms. The monoisotopic (exact) mass is 336 g/mol. The van der Waals surface area contributed by atoms with E-state index in [0.29, 0.717) is 6.42 Å². The van der Waals surface area contributed by atoms with Crippen LogP contribution in [0, 0.1) is 0 Å². The van der Waals surface area contributed by atoms with E-state index in [-0.39, 0.29) is 5.78 Å². The van der Waals surface area contributed by atoms with E-state index in [1.807, 2.05) is 18.2 Å². The molecule has 0 spiro atoms. The second kappa shape index (κ2) is 5.93. The highest BCUT2D eigenvalue weighted by Crippen LogP contribution is 2.21. The Bertz CT molecular complexity index is 319. The van der Waals surface area contributed by atoms with Crippen molar-refractivity contribution in [2.75, 3.05) is 5.75 Å². The predicted octanol–water partition coefficient (Wildman–Crippen LogP) is 4.10. The lowest BCUT2D eigenvalue weighted by atomic mass is 10.1. The van der Waals surface area contributed by atoms with Crippen molar-refractivity contribution in [3.8, 4) is 0 Å². The Morgan fingerprint density at radius 3 is 2.29 bits per heavy atom. The minimum absolute atomic E-state index is 0.168. The summed E-state index contributed by atoms with van der Waals surface area (Å²) in [6.07, 6.45) is 1.39. The van der Waals surface area contributed by atoms with Crippen molar-refractivity contribution >= 4 is 50.3 Å². The lowest BCUT2D eigenvalue weighted by Crippen LogP contribution is -1.99. The minimum Gasteiger partial charge on any atom is -0.294 e. The van der Waals surface area contributed by atoms with Crippen molar-refractivity contribution in [1.82, 2.24) is 0 Å². The van der Waals surface area contributed by atoms with Crippen molar-refractivity contribution in [2.45, 2.75) is 12.8 Å². The van der Waals surface area contributed by atoms with E-state index >= 15 is 0 Å². The predicted molar refractivity (Wildman–Crippen MR) is 69.3 cm³/mol. The first kappa shape index (κ1) is 12.3. The molecule has 0 fully saturated rings. The van der Waals surface area contributed by atoms with Crippen LogP contribution in [0.3, 0.4) is 0 Å². The third-order valence-electron chi connectivity index (χ3n) is 1.75. The number of carbonyl (C=O) groups excluding carboxylic acids is 1. The summed E-state index contributed by atoms with van der Waals surface area (Å²) in [5.41, 5.74) is 0.744. The zero-order valence-corrected chi connectivity index (χ0v) is 11.5. The van der Waals surface area contributed by atoms with E-state index in [2.05, 4.69) is 44.5 Å². The van der Waals surface area contributed by atoms with Gasteiger partial charge in [0, 0.05) is 20.9 Å². The molecule has 0 radical (unpaired) electrons. The second-order valence-electron chi connectivity index (χ2n) is 2.91. The number of halogens is 2. The number of carbonyl (C=O) groups is 1. The van der Waals surface area contributed by atoms with Crippen molar-refractivity contribution in [2.24, 2.45) is 0 Å².